The quantitative estimate of drug-likeness (QED) is 0.596. The molecule has 33 heavy (non-hydrogen) atoms. The van der Waals surface area contributed by atoms with Gasteiger partial charge in [-0.15, -0.1) is 0 Å². The third-order valence-corrected chi connectivity index (χ3v) is 5.76. The molecular weight excluding hydrogens is 429 g/mol. The van der Waals surface area contributed by atoms with Crippen LogP contribution in [0.4, 0.5) is 15.8 Å². The summed E-state index contributed by atoms with van der Waals surface area (Å²) in [6.07, 6.45) is 1.42. The molecule has 0 bridgehead atoms. The van der Waals surface area contributed by atoms with Crippen molar-refractivity contribution in [3.8, 4) is 5.75 Å². The number of ether oxygens (including phenoxy) is 2. The molecule has 0 atom stereocenters. The van der Waals surface area contributed by atoms with Crippen LogP contribution in [0.5, 0.6) is 5.75 Å². The SMILES string of the molecule is O=C(COc1ccc(N2CCCC2=O)cc1)OCC(=O)N1CCN(c2ccc(F)cc2)CC1. The highest BCUT2D eigenvalue weighted by Crippen LogP contribution is 2.24. The average molecular weight is 455 g/mol. The molecule has 174 valence electrons. The molecule has 0 radical (unpaired) electrons. The van der Waals surface area contributed by atoms with Crippen LogP contribution in [0.25, 0.3) is 0 Å². The van der Waals surface area contributed by atoms with Crippen molar-refractivity contribution in [2.75, 3.05) is 55.7 Å². The van der Waals surface area contributed by atoms with E-state index in [1.807, 2.05) is 0 Å². The molecule has 2 aromatic rings. The Bertz CT molecular complexity index is 988. The summed E-state index contributed by atoms with van der Waals surface area (Å²) < 4.78 is 23.6. The van der Waals surface area contributed by atoms with Gasteiger partial charge in [0.25, 0.3) is 5.91 Å². The van der Waals surface area contributed by atoms with Gasteiger partial charge in [0, 0.05) is 50.5 Å². The lowest BCUT2D eigenvalue weighted by Gasteiger charge is -2.36. The number of amides is 2. The molecule has 9 heteroatoms. The van der Waals surface area contributed by atoms with Gasteiger partial charge >= 0.3 is 5.97 Å². The van der Waals surface area contributed by atoms with Gasteiger partial charge in [0.1, 0.15) is 11.6 Å². The minimum atomic E-state index is -0.632. The lowest BCUT2D eigenvalue weighted by atomic mass is 10.2. The summed E-state index contributed by atoms with van der Waals surface area (Å²) in [6.45, 7) is 2.29. The first kappa shape index (κ1) is 22.6. The Morgan fingerprint density at radius 2 is 1.52 bits per heavy atom. The molecule has 0 aromatic heterocycles. The Morgan fingerprint density at radius 3 is 2.15 bits per heavy atom. The van der Waals surface area contributed by atoms with E-state index < -0.39 is 5.97 Å². The summed E-state index contributed by atoms with van der Waals surface area (Å²) in [6, 6.07) is 13.2. The summed E-state index contributed by atoms with van der Waals surface area (Å²) in [4.78, 5) is 41.6. The third-order valence-electron chi connectivity index (χ3n) is 5.76. The summed E-state index contributed by atoms with van der Waals surface area (Å²) >= 11 is 0. The Hall–Kier alpha value is -3.62. The number of halogens is 1. The molecule has 0 unspecified atom stereocenters. The Labute approximate surface area is 191 Å². The van der Waals surface area contributed by atoms with Crippen LogP contribution in [0, 0.1) is 5.82 Å². The van der Waals surface area contributed by atoms with Gasteiger partial charge in [-0.2, -0.15) is 0 Å². The second kappa shape index (κ2) is 10.3. The van der Waals surface area contributed by atoms with E-state index in [4.69, 9.17) is 9.47 Å². The molecule has 0 saturated carbocycles. The van der Waals surface area contributed by atoms with Crippen molar-refractivity contribution >= 4 is 29.2 Å². The van der Waals surface area contributed by atoms with Crippen LogP contribution >= 0.6 is 0 Å². The van der Waals surface area contributed by atoms with E-state index in [1.165, 1.54) is 12.1 Å². The lowest BCUT2D eigenvalue weighted by Crippen LogP contribution is -2.50. The van der Waals surface area contributed by atoms with Gasteiger partial charge in [-0.25, -0.2) is 9.18 Å². The highest BCUT2D eigenvalue weighted by molar-refractivity contribution is 5.95. The van der Waals surface area contributed by atoms with E-state index in [9.17, 15) is 18.8 Å². The van der Waals surface area contributed by atoms with Crippen LogP contribution in [0.3, 0.4) is 0 Å². The number of benzene rings is 2. The number of nitrogens with zero attached hydrogens (tertiary/aromatic N) is 3. The second-order valence-electron chi connectivity index (χ2n) is 7.94. The standard InChI is InChI=1S/C24H26FN3O5/c25-18-3-5-19(6-4-18)26-12-14-27(15-13-26)23(30)16-33-24(31)17-32-21-9-7-20(8-10-21)28-11-1-2-22(28)29/h3-10H,1-2,11-17H2. The zero-order chi connectivity index (χ0) is 23.2. The first-order valence-corrected chi connectivity index (χ1v) is 11.0. The number of hydrogen-bond acceptors (Lipinski definition) is 6. The van der Waals surface area contributed by atoms with Crippen LogP contribution in [-0.4, -0.2) is 68.6 Å². The fraction of sp³-hybridized carbons (Fsp3) is 0.375. The van der Waals surface area contributed by atoms with Gasteiger partial charge in [-0.05, 0) is 55.0 Å². The first-order chi connectivity index (χ1) is 16.0. The molecule has 4 rings (SSSR count). The van der Waals surface area contributed by atoms with Gasteiger partial charge in [0.2, 0.25) is 5.91 Å². The summed E-state index contributed by atoms with van der Waals surface area (Å²) in [5.74, 6) is -0.595. The highest BCUT2D eigenvalue weighted by Gasteiger charge is 2.23. The Morgan fingerprint density at radius 1 is 0.848 bits per heavy atom. The van der Waals surface area contributed by atoms with E-state index >= 15 is 0 Å². The first-order valence-electron chi connectivity index (χ1n) is 11.0. The number of carbonyl (C=O) groups excluding carboxylic acids is 3. The van der Waals surface area contributed by atoms with Crippen molar-refractivity contribution < 1.29 is 28.2 Å². The molecule has 8 nitrogen and oxygen atoms in total. The maximum Gasteiger partial charge on any atom is 0.344 e. The number of piperazine rings is 1. The maximum absolute atomic E-state index is 13.1. The van der Waals surface area contributed by atoms with Crippen LogP contribution in [0.1, 0.15) is 12.8 Å². The predicted molar refractivity (Wildman–Crippen MR) is 120 cm³/mol. The lowest BCUT2D eigenvalue weighted by molar-refractivity contribution is -0.153. The van der Waals surface area contributed by atoms with Crippen molar-refractivity contribution in [3.05, 3.63) is 54.3 Å². The monoisotopic (exact) mass is 455 g/mol. The average Bonchev–Trinajstić information content (AvgIpc) is 3.28. The largest absolute Gasteiger partial charge is 0.482 e. The summed E-state index contributed by atoms with van der Waals surface area (Å²) in [5.41, 5.74) is 1.71. The van der Waals surface area contributed by atoms with E-state index in [1.54, 1.807) is 46.2 Å². The van der Waals surface area contributed by atoms with E-state index in [0.717, 1.165) is 17.8 Å². The number of hydrogen-bond donors (Lipinski definition) is 0. The van der Waals surface area contributed by atoms with E-state index in [-0.39, 0.29) is 30.8 Å². The van der Waals surface area contributed by atoms with Gasteiger partial charge in [0.15, 0.2) is 13.2 Å². The van der Waals surface area contributed by atoms with Crippen LogP contribution in [-0.2, 0) is 19.1 Å². The van der Waals surface area contributed by atoms with E-state index in [0.29, 0.717) is 44.9 Å². The third kappa shape index (κ3) is 5.79. The van der Waals surface area contributed by atoms with Crippen molar-refractivity contribution in [1.82, 2.24) is 4.90 Å². The molecule has 0 N–H and O–H groups in total. The van der Waals surface area contributed by atoms with Crippen molar-refractivity contribution in [1.29, 1.82) is 0 Å². The normalized spacial score (nSPS) is 16.2. The molecular formula is C24H26FN3O5. The Kier molecular flexibility index (Phi) is 7.07. The number of anilines is 2. The van der Waals surface area contributed by atoms with Crippen molar-refractivity contribution in [2.45, 2.75) is 12.8 Å². The molecule has 0 aliphatic carbocycles. The molecule has 2 saturated heterocycles. The molecule has 2 aromatic carbocycles. The van der Waals surface area contributed by atoms with Gasteiger partial charge in [-0.3, -0.25) is 9.59 Å². The van der Waals surface area contributed by atoms with Crippen molar-refractivity contribution in [3.63, 3.8) is 0 Å². The minimum absolute atomic E-state index is 0.105. The number of rotatable bonds is 7. The fourth-order valence-electron chi connectivity index (χ4n) is 3.93. The summed E-state index contributed by atoms with van der Waals surface area (Å²) in [7, 11) is 0. The smallest absolute Gasteiger partial charge is 0.344 e. The maximum atomic E-state index is 13.1. The van der Waals surface area contributed by atoms with Gasteiger partial charge in [0.05, 0.1) is 0 Å². The van der Waals surface area contributed by atoms with Crippen LogP contribution in [0.15, 0.2) is 48.5 Å². The van der Waals surface area contributed by atoms with E-state index in [2.05, 4.69) is 4.90 Å². The van der Waals surface area contributed by atoms with Crippen LogP contribution < -0.4 is 14.5 Å². The Balaban J connectivity index is 1.16. The molecule has 2 amide bonds. The van der Waals surface area contributed by atoms with Crippen LogP contribution in [0.2, 0.25) is 0 Å². The molecule has 2 heterocycles. The molecule has 2 fully saturated rings. The molecule has 2 aliphatic heterocycles. The zero-order valence-electron chi connectivity index (χ0n) is 18.2. The predicted octanol–water partition coefficient (Wildman–Crippen LogP) is 2.22. The van der Waals surface area contributed by atoms with Gasteiger partial charge < -0.3 is 24.2 Å². The molecule has 0 spiro atoms. The topological polar surface area (TPSA) is 79.4 Å². The zero-order valence-corrected chi connectivity index (χ0v) is 18.2. The highest BCUT2D eigenvalue weighted by atomic mass is 19.1. The second-order valence-corrected chi connectivity index (χ2v) is 7.94. The van der Waals surface area contributed by atoms with Gasteiger partial charge in [-0.1, -0.05) is 0 Å². The number of esters is 1. The summed E-state index contributed by atoms with van der Waals surface area (Å²) in [5, 5.41) is 0. The van der Waals surface area contributed by atoms with Crippen molar-refractivity contribution in [2.24, 2.45) is 0 Å². The number of carbonyl (C=O) groups is 3. The fourth-order valence-corrected chi connectivity index (χ4v) is 3.93. The molecule has 2 aliphatic rings. The minimum Gasteiger partial charge on any atom is -0.482 e.